The summed E-state index contributed by atoms with van der Waals surface area (Å²) in [4.78, 5) is 20.2. The maximum absolute atomic E-state index is 13.5. The molecule has 28 heavy (non-hydrogen) atoms. The number of amides is 1. The zero-order valence-electron chi connectivity index (χ0n) is 14.4. The van der Waals surface area contributed by atoms with Crippen LogP contribution >= 0.6 is 0 Å². The smallest absolute Gasteiger partial charge is 0.262 e. The quantitative estimate of drug-likeness (QED) is 0.548. The van der Waals surface area contributed by atoms with E-state index in [4.69, 9.17) is 9.15 Å². The molecule has 0 fully saturated rings. The fourth-order valence-corrected chi connectivity index (χ4v) is 2.59. The second-order valence-corrected chi connectivity index (χ2v) is 5.86. The molecule has 0 saturated heterocycles. The van der Waals surface area contributed by atoms with Gasteiger partial charge in [0.2, 0.25) is 5.89 Å². The van der Waals surface area contributed by atoms with Crippen molar-refractivity contribution in [2.45, 2.75) is 0 Å². The Hall–Kier alpha value is -3.94. The largest absolute Gasteiger partial charge is 0.507 e. The first-order chi connectivity index (χ1) is 13.6. The third-order valence-corrected chi connectivity index (χ3v) is 3.90. The van der Waals surface area contributed by atoms with Crippen LogP contribution in [0, 0.1) is 5.82 Å². The van der Waals surface area contributed by atoms with Gasteiger partial charge in [-0.25, -0.2) is 9.37 Å². The van der Waals surface area contributed by atoms with Crippen molar-refractivity contribution >= 4 is 22.7 Å². The summed E-state index contributed by atoms with van der Waals surface area (Å²) >= 11 is 0. The Labute approximate surface area is 158 Å². The minimum Gasteiger partial charge on any atom is -0.507 e. The number of carbonyl (C=O) groups excluding carboxylic acids is 1. The fourth-order valence-electron chi connectivity index (χ4n) is 2.59. The average Bonchev–Trinajstić information content (AvgIpc) is 3.11. The van der Waals surface area contributed by atoms with Crippen LogP contribution in [0.4, 0.5) is 10.1 Å². The van der Waals surface area contributed by atoms with E-state index in [2.05, 4.69) is 15.3 Å². The second kappa shape index (κ2) is 7.36. The van der Waals surface area contributed by atoms with E-state index in [1.165, 1.54) is 24.3 Å². The Morgan fingerprint density at radius 1 is 1.21 bits per heavy atom. The van der Waals surface area contributed by atoms with E-state index in [1.54, 1.807) is 36.7 Å². The van der Waals surface area contributed by atoms with Crippen LogP contribution in [0.15, 0.2) is 65.3 Å². The molecule has 140 valence electrons. The van der Waals surface area contributed by atoms with Crippen molar-refractivity contribution in [3.05, 3.63) is 66.7 Å². The van der Waals surface area contributed by atoms with Crippen molar-refractivity contribution in [2.24, 2.45) is 0 Å². The molecule has 2 heterocycles. The number of benzene rings is 2. The van der Waals surface area contributed by atoms with Crippen molar-refractivity contribution in [1.29, 1.82) is 0 Å². The van der Waals surface area contributed by atoms with Gasteiger partial charge in [0.05, 0.1) is 11.8 Å². The van der Waals surface area contributed by atoms with Gasteiger partial charge in [-0.1, -0.05) is 12.1 Å². The first kappa shape index (κ1) is 17.5. The summed E-state index contributed by atoms with van der Waals surface area (Å²) in [5.74, 6) is -0.941. The van der Waals surface area contributed by atoms with Crippen molar-refractivity contribution in [3.63, 3.8) is 0 Å². The number of phenolic OH excluding ortho intramolecular Hbond substituents is 1. The summed E-state index contributed by atoms with van der Waals surface area (Å²) in [5.41, 5.74) is 1.84. The van der Waals surface area contributed by atoms with Crippen LogP contribution in [0.25, 0.3) is 22.6 Å². The molecular formula is C20H14FN3O4. The normalized spacial score (nSPS) is 10.8. The monoisotopic (exact) mass is 379 g/mol. The highest BCUT2D eigenvalue weighted by molar-refractivity contribution is 5.92. The predicted molar refractivity (Wildman–Crippen MR) is 99.4 cm³/mol. The van der Waals surface area contributed by atoms with Gasteiger partial charge in [-0.15, -0.1) is 0 Å². The van der Waals surface area contributed by atoms with E-state index >= 15 is 0 Å². The molecule has 4 rings (SSSR count). The Kier molecular flexibility index (Phi) is 4.59. The van der Waals surface area contributed by atoms with E-state index in [0.717, 1.165) is 0 Å². The van der Waals surface area contributed by atoms with Gasteiger partial charge in [-0.3, -0.25) is 9.78 Å². The molecule has 2 aromatic heterocycles. The van der Waals surface area contributed by atoms with Gasteiger partial charge < -0.3 is 19.6 Å². The summed E-state index contributed by atoms with van der Waals surface area (Å²) in [5, 5.41) is 12.8. The molecule has 0 aliphatic carbocycles. The highest BCUT2D eigenvalue weighted by Gasteiger charge is 2.14. The highest BCUT2D eigenvalue weighted by Crippen LogP contribution is 2.32. The van der Waals surface area contributed by atoms with Crippen LogP contribution in [0.5, 0.6) is 11.5 Å². The summed E-state index contributed by atoms with van der Waals surface area (Å²) < 4.78 is 24.2. The zero-order chi connectivity index (χ0) is 19.5. The number of hydrogen-bond acceptors (Lipinski definition) is 6. The number of nitrogens with zero attached hydrogens (tertiary/aromatic N) is 2. The lowest BCUT2D eigenvalue weighted by Gasteiger charge is -2.09. The zero-order valence-corrected chi connectivity index (χ0v) is 14.4. The Morgan fingerprint density at radius 3 is 2.86 bits per heavy atom. The molecule has 2 aromatic carbocycles. The lowest BCUT2D eigenvalue weighted by Crippen LogP contribution is -2.20. The van der Waals surface area contributed by atoms with Crippen LogP contribution in [0.2, 0.25) is 0 Å². The van der Waals surface area contributed by atoms with Crippen molar-refractivity contribution in [1.82, 2.24) is 9.97 Å². The fraction of sp³-hybridized carbons (Fsp3) is 0.0500. The van der Waals surface area contributed by atoms with Crippen LogP contribution in [-0.4, -0.2) is 27.6 Å². The summed E-state index contributed by atoms with van der Waals surface area (Å²) in [6.45, 7) is -0.373. The molecule has 1 amide bonds. The van der Waals surface area contributed by atoms with E-state index in [0.29, 0.717) is 22.4 Å². The van der Waals surface area contributed by atoms with Crippen LogP contribution in [-0.2, 0) is 4.79 Å². The number of hydrogen-bond donors (Lipinski definition) is 2. The third kappa shape index (κ3) is 3.61. The number of carbonyl (C=O) groups is 1. The number of rotatable bonds is 5. The SMILES string of the molecule is O=C(COc1ccccc1F)Nc1ccc(-c2nc3cnccc3o2)c(O)c1. The number of para-hydroxylation sites is 1. The number of ether oxygens (including phenoxy) is 1. The third-order valence-electron chi connectivity index (χ3n) is 3.90. The first-order valence-corrected chi connectivity index (χ1v) is 8.31. The molecule has 2 N–H and O–H groups in total. The molecular weight excluding hydrogens is 365 g/mol. The number of halogens is 1. The molecule has 4 aromatic rings. The van der Waals surface area contributed by atoms with Gasteiger partial charge in [0, 0.05) is 24.0 Å². The van der Waals surface area contributed by atoms with Crippen molar-refractivity contribution < 1.29 is 23.4 Å². The lowest BCUT2D eigenvalue weighted by molar-refractivity contribution is -0.118. The van der Waals surface area contributed by atoms with Crippen LogP contribution < -0.4 is 10.1 Å². The van der Waals surface area contributed by atoms with E-state index < -0.39 is 11.7 Å². The first-order valence-electron chi connectivity index (χ1n) is 8.31. The average molecular weight is 379 g/mol. The minimum atomic E-state index is -0.550. The number of aromatic hydroxyl groups is 1. The molecule has 0 bridgehead atoms. The number of aromatic nitrogens is 2. The number of anilines is 1. The summed E-state index contributed by atoms with van der Waals surface area (Å²) in [7, 11) is 0. The molecule has 0 atom stereocenters. The summed E-state index contributed by atoms with van der Waals surface area (Å²) in [6, 6.07) is 12.0. The van der Waals surface area contributed by atoms with Gasteiger partial charge in [0.15, 0.2) is 23.8 Å². The maximum atomic E-state index is 13.5. The predicted octanol–water partition coefficient (Wildman–Crippen LogP) is 3.75. The number of nitrogens with one attached hydrogen (secondary N) is 1. The molecule has 0 saturated carbocycles. The van der Waals surface area contributed by atoms with Gasteiger partial charge in [0.25, 0.3) is 5.91 Å². The maximum Gasteiger partial charge on any atom is 0.262 e. The molecule has 7 nitrogen and oxygen atoms in total. The van der Waals surface area contributed by atoms with Gasteiger partial charge in [-0.05, 0) is 24.3 Å². The summed E-state index contributed by atoms with van der Waals surface area (Å²) in [6.07, 6.45) is 3.14. The van der Waals surface area contributed by atoms with Crippen molar-refractivity contribution in [2.75, 3.05) is 11.9 Å². The molecule has 0 aliphatic rings. The highest BCUT2D eigenvalue weighted by atomic mass is 19.1. The Balaban J connectivity index is 1.45. The number of pyridine rings is 1. The van der Waals surface area contributed by atoms with Gasteiger partial charge >= 0.3 is 0 Å². The molecule has 0 unspecified atom stereocenters. The minimum absolute atomic E-state index is 0.0127. The second-order valence-electron chi connectivity index (χ2n) is 5.86. The number of phenols is 1. The Bertz CT molecular complexity index is 1130. The number of fused-ring (bicyclic) bond motifs is 1. The topological polar surface area (TPSA) is 97.5 Å². The van der Waals surface area contributed by atoms with E-state index in [9.17, 15) is 14.3 Å². The lowest BCUT2D eigenvalue weighted by atomic mass is 10.2. The molecule has 0 radical (unpaired) electrons. The number of oxazole rings is 1. The molecule has 0 aliphatic heterocycles. The van der Waals surface area contributed by atoms with Gasteiger partial charge in [0.1, 0.15) is 11.3 Å². The van der Waals surface area contributed by atoms with Crippen LogP contribution in [0.1, 0.15) is 0 Å². The van der Waals surface area contributed by atoms with Crippen molar-refractivity contribution in [3.8, 4) is 23.0 Å². The molecule has 8 heteroatoms. The van der Waals surface area contributed by atoms with Gasteiger partial charge in [-0.2, -0.15) is 0 Å². The van der Waals surface area contributed by atoms with E-state index in [-0.39, 0.29) is 24.0 Å². The molecule has 0 spiro atoms. The van der Waals surface area contributed by atoms with Crippen LogP contribution in [0.3, 0.4) is 0 Å². The Morgan fingerprint density at radius 2 is 2.07 bits per heavy atom. The standard InChI is InChI=1S/C20H14FN3O4/c21-14-3-1-2-4-17(14)27-11-19(26)23-12-5-6-13(16(25)9-12)20-24-15-10-22-8-7-18(15)28-20/h1-10,25H,11H2,(H,23,26). The van der Waals surface area contributed by atoms with E-state index in [1.807, 2.05) is 0 Å².